The van der Waals surface area contributed by atoms with Crippen molar-refractivity contribution in [2.45, 2.75) is 135 Å². The van der Waals surface area contributed by atoms with E-state index in [-0.39, 0.29) is 44.4 Å². The molecule has 3 amide bonds. The highest BCUT2D eigenvalue weighted by Crippen LogP contribution is 2.25. The number of nitrogens with zero attached hydrogens (tertiary/aromatic N) is 3. The zero-order chi connectivity index (χ0) is 37.9. The van der Waals surface area contributed by atoms with Gasteiger partial charge in [-0.3, -0.25) is 9.80 Å². The Morgan fingerprint density at radius 2 is 1.17 bits per heavy atom. The molecule has 0 bridgehead atoms. The van der Waals surface area contributed by atoms with Crippen LogP contribution in [-0.2, 0) is 39.9 Å². The van der Waals surface area contributed by atoms with Crippen LogP contribution in [0.5, 0.6) is 0 Å². The molecule has 2 heterocycles. The molecule has 0 radical (unpaired) electrons. The molecule has 2 saturated heterocycles. The number of carbonyl (C=O) groups excluding carboxylic acids is 5. The maximum atomic E-state index is 12.9. The van der Waals surface area contributed by atoms with Gasteiger partial charge in [0.25, 0.3) is 0 Å². The van der Waals surface area contributed by atoms with Gasteiger partial charge in [-0.05, 0) is 98.5 Å². The van der Waals surface area contributed by atoms with Crippen molar-refractivity contribution in [1.29, 1.82) is 0 Å². The first-order valence-corrected chi connectivity index (χ1v) is 18.7. The standard InChI is InChI=1S/C23H32N2O6.C15H26N2O4/c1-23(2,3)31-22(28)25-14-13-24(21(27)29-16-17-9-5-4-6-10-17)15-19(25)20(26)30-18-11-7-8-12-18;1-15(2,3)21-14(19)17-9-8-16-10-12(17)13(18)20-11-6-4-5-7-11/h4-6,9-10,18-19H,7-8,11-16H2,1-3H3;11-12,16H,4-10H2,1-3H3. The van der Waals surface area contributed by atoms with Crippen molar-refractivity contribution in [3.05, 3.63) is 35.9 Å². The summed E-state index contributed by atoms with van der Waals surface area (Å²) in [6.07, 6.45) is 6.10. The number of rotatable bonds is 6. The molecule has 1 N–H and O–H groups in total. The van der Waals surface area contributed by atoms with E-state index in [1.165, 1.54) is 14.7 Å². The van der Waals surface area contributed by atoms with Crippen LogP contribution in [0.4, 0.5) is 14.4 Å². The molecule has 4 aliphatic rings. The van der Waals surface area contributed by atoms with Crippen molar-refractivity contribution < 1.29 is 47.7 Å². The third-order valence-corrected chi connectivity index (χ3v) is 9.06. The van der Waals surface area contributed by atoms with E-state index in [0.29, 0.717) is 19.6 Å². The number of piperazine rings is 2. The van der Waals surface area contributed by atoms with Crippen molar-refractivity contribution in [3.8, 4) is 0 Å². The first kappa shape index (κ1) is 40.7. The average Bonchev–Trinajstić information content (AvgIpc) is 3.81. The van der Waals surface area contributed by atoms with Crippen LogP contribution in [0, 0.1) is 0 Å². The van der Waals surface area contributed by atoms with Crippen LogP contribution in [0.2, 0.25) is 0 Å². The smallest absolute Gasteiger partial charge is 0.411 e. The molecule has 2 aliphatic carbocycles. The minimum absolute atomic E-state index is 0.0123. The van der Waals surface area contributed by atoms with Crippen LogP contribution in [-0.4, -0.2) is 120 Å². The first-order valence-electron chi connectivity index (χ1n) is 18.7. The van der Waals surface area contributed by atoms with Crippen LogP contribution in [0.3, 0.4) is 0 Å². The molecule has 52 heavy (non-hydrogen) atoms. The van der Waals surface area contributed by atoms with Crippen LogP contribution < -0.4 is 5.32 Å². The van der Waals surface area contributed by atoms with Gasteiger partial charge in [0, 0.05) is 32.7 Å². The molecule has 2 atom stereocenters. The maximum absolute atomic E-state index is 12.9. The number of hydrogen-bond donors (Lipinski definition) is 1. The fourth-order valence-electron chi connectivity index (χ4n) is 6.45. The second kappa shape index (κ2) is 18.6. The Hall–Kier alpha value is -4.07. The highest BCUT2D eigenvalue weighted by molar-refractivity contribution is 5.83. The van der Waals surface area contributed by atoms with Gasteiger partial charge in [0.2, 0.25) is 0 Å². The molecule has 14 nitrogen and oxygen atoms in total. The lowest BCUT2D eigenvalue weighted by Crippen LogP contribution is -2.60. The van der Waals surface area contributed by atoms with Crippen molar-refractivity contribution in [2.24, 2.45) is 0 Å². The molecule has 1 aromatic rings. The SMILES string of the molecule is CC(C)(C)OC(=O)N1CCN(C(=O)OCc2ccccc2)CC1C(=O)OC1CCCC1.CC(C)(C)OC(=O)N1CCNCC1C(=O)OC1CCCC1. The quantitative estimate of drug-likeness (QED) is 0.295. The Balaban J connectivity index is 0.000000251. The van der Waals surface area contributed by atoms with Crippen LogP contribution in [0.15, 0.2) is 30.3 Å². The van der Waals surface area contributed by atoms with E-state index in [2.05, 4.69) is 5.32 Å². The fourth-order valence-corrected chi connectivity index (χ4v) is 6.45. The van der Waals surface area contributed by atoms with Gasteiger partial charge in [-0.15, -0.1) is 0 Å². The van der Waals surface area contributed by atoms with Gasteiger partial charge in [0.1, 0.15) is 36.1 Å². The molecule has 2 unspecified atom stereocenters. The van der Waals surface area contributed by atoms with E-state index < -0.39 is 47.5 Å². The van der Waals surface area contributed by atoms with Gasteiger partial charge in [0.15, 0.2) is 6.04 Å². The van der Waals surface area contributed by atoms with Crippen molar-refractivity contribution in [3.63, 3.8) is 0 Å². The van der Waals surface area contributed by atoms with Crippen molar-refractivity contribution >= 4 is 30.2 Å². The molecule has 0 spiro atoms. The van der Waals surface area contributed by atoms with E-state index in [1.807, 2.05) is 51.1 Å². The zero-order valence-electron chi connectivity index (χ0n) is 31.7. The Labute approximate surface area is 307 Å². The van der Waals surface area contributed by atoms with Crippen molar-refractivity contribution in [1.82, 2.24) is 20.0 Å². The van der Waals surface area contributed by atoms with Gasteiger partial charge in [-0.1, -0.05) is 30.3 Å². The van der Waals surface area contributed by atoms with Gasteiger partial charge >= 0.3 is 30.2 Å². The minimum Gasteiger partial charge on any atom is -0.461 e. The second-order valence-electron chi connectivity index (χ2n) is 15.8. The third-order valence-electron chi connectivity index (χ3n) is 9.06. The lowest BCUT2D eigenvalue weighted by molar-refractivity contribution is -0.157. The first-order chi connectivity index (χ1) is 24.6. The third kappa shape index (κ3) is 12.9. The fraction of sp³-hybridized carbons (Fsp3) is 0.711. The summed E-state index contributed by atoms with van der Waals surface area (Å²) >= 11 is 0. The summed E-state index contributed by atoms with van der Waals surface area (Å²) in [6, 6.07) is 7.87. The van der Waals surface area contributed by atoms with Gasteiger partial charge in [0.05, 0.1) is 6.54 Å². The molecular weight excluding hydrogens is 672 g/mol. The molecule has 4 fully saturated rings. The molecular formula is C38H58N4O10. The Kier molecular flexibility index (Phi) is 14.6. The topological polar surface area (TPSA) is 153 Å². The predicted molar refractivity (Wildman–Crippen MR) is 191 cm³/mol. The second-order valence-corrected chi connectivity index (χ2v) is 15.8. The van der Waals surface area contributed by atoms with E-state index in [1.54, 1.807) is 20.8 Å². The summed E-state index contributed by atoms with van der Waals surface area (Å²) in [5.41, 5.74) is -0.384. The number of hydrogen-bond acceptors (Lipinski definition) is 11. The normalized spacial score (nSPS) is 21.5. The molecule has 1 aromatic carbocycles. The summed E-state index contributed by atoms with van der Waals surface area (Å²) in [4.78, 5) is 67.1. The van der Waals surface area contributed by atoms with E-state index >= 15 is 0 Å². The summed E-state index contributed by atoms with van der Waals surface area (Å²) in [7, 11) is 0. The van der Waals surface area contributed by atoms with Gasteiger partial charge in [-0.2, -0.15) is 0 Å². The largest absolute Gasteiger partial charge is 0.461 e. The Morgan fingerprint density at radius 3 is 1.69 bits per heavy atom. The number of nitrogens with one attached hydrogen (secondary N) is 1. The highest BCUT2D eigenvalue weighted by atomic mass is 16.6. The summed E-state index contributed by atoms with van der Waals surface area (Å²) < 4.78 is 27.4. The average molecular weight is 731 g/mol. The van der Waals surface area contributed by atoms with Crippen LogP contribution in [0.25, 0.3) is 0 Å². The monoisotopic (exact) mass is 730 g/mol. The van der Waals surface area contributed by atoms with Gasteiger partial charge in [-0.25, -0.2) is 24.0 Å². The van der Waals surface area contributed by atoms with Crippen molar-refractivity contribution in [2.75, 3.05) is 39.3 Å². The van der Waals surface area contributed by atoms with E-state index in [4.69, 9.17) is 23.7 Å². The molecule has 5 rings (SSSR count). The van der Waals surface area contributed by atoms with Crippen LogP contribution in [0.1, 0.15) is 98.5 Å². The lowest BCUT2D eigenvalue weighted by atomic mass is 10.1. The Morgan fingerprint density at radius 1 is 0.673 bits per heavy atom. The van der Waals surface area contributed by atoms with Gasteiger partial charge < -0.3 is 33.9 Å². The maximum Gasteiger partial charge on any atom is 0.411 e. The summed E-state index contributed by atoms with van der Waals surface area (Å²) in [5.74, 6) is -0.821. The minimum atomic E-state index is -0.923. The highest BCUT2D eigenvalue weighted by Gasteiger charge is 2.41. The molecule has 2 aliphatic heterocycles. The zero-order valence-corrected chi connectivity index (χ0v) is 31.7. The van der Waals surface area contributed by atoms with E-state index in [9.17, 15) is 24.0 Å². The molecule has 14 heteroatoms. The summed E-state index contributed by atoms with van der Waals surface area (Å²) in [5, 5.41) is 3.14. The number of amides is 3. The summed E-state index contributed by atoms with van der Waals surface area (Å²) in [6.45, 7) is 12.9. The van der Waals surface area contributed by atoms with E-state index in [0.717, 1.165) is 56.9 Å². The number of ether oxygens (including phenoxy) is 5. The molecule has 2 saturated carbocycles. The number of benzene rings is 1. The van der Waals surface area contributed by atoms with Crippen LogP contribution >= 0.6 is 0 Å². The molecule has 290 valence electrons. The Bertz CT molecular complexity index is 1350. The number of esters is 2. The predicted octanol–water partition coefficient (Wildman–Crippen LogP) is 5.41. The lowest BCUT2D eigenvalue weighted by Gasteiger charge is -2.40. The number of carbonyl (C=O) groups is 5. The molecule has 0 aromatic heterocycles.